The first-order valence-corrected chi connectivity index (χ1v) is 19.5. The van der Waals surface area contributed by atoms with E-state index in [9.17, 15) is 30.0 Å². The molecule has 8 heteroatoms. The normalized spacial score (nSPS) is 44.4. The lowest BCUT2D eigenvalue weighted by atomic mass is 9.35. The van der Waals surface area contributed by atoms with E-state index in [-0.39, 0.29) is 59.2 Å². The fourth-order valence-electron chi connectivity index (χ4n) is 11.9. The van der Waals surface area contributed by atoms with Gasteiger partial charge >= 0.3 is 11.9 Å². The Bertz CT molecular complexity index is 1280. The third kappa shape index (κ3) is 6.78. The number of esters is 2. The van der Waals surface area contributed by atoms with Crippen molar-refractivity contribution in [3.05, 3.63) is 24.3 Å². The Labute approximate surface area is 302 Å². The molecule has 0 aromatic carbocycles. The van der Waals surface area contributed by atoms with Gasteiger partial charge in [-0.3, -0.25) is 4.79 Å². The number of hydrogen-bond acceptors (Lipinski definition) is 8. The number of carbonyl (C=O) groups excluding carboxylic acids is 2. The maximum absolute atomic E-state index is 12.9. The van der Waals surface area contributed by atoms with Crippen LogP contribution < -0.4 is 0 Å². The van der Waals surface area contributed by atoms with E-state index >= 15 is 0 Å². The van der Waals surface area contributed by atoms with E-state index in [4.69, 9.17) is 9.47 Å². The minimum Gasteiger partial charge on any atom is -0.465 e. The number of aliphatic hydroxyl groups excluding tert-OH is 4. The largest absolute Gasteiger partial charge is 0.465 e. The van der Waals surface area contributed by atoms with Gasteiger partial charge in [0, 0.05) is 17.4 Å². The molecule has 4 aliphatic carbocycles. The van der Waals surface area contributed by atoms with Gasteiger partial charge in [-0.25, -0.2) is 4.79 Å². The summed E-state index contributed by atoms with van der Waals surface area (Å²) < 4.78 is 11.8. The van der Waals surface area contributed by atoms with Gasteiger partial charge in [-0.1, -0.05) is 73.5 Å². The van der Waals surface area contributed by atoms with Crippen molar-refractivity contribution < 1.29 is 39.5 Å². The molecule has 12 atom stereocenters. The Balaban J connectivity index is 1.70. The predicted molar refractivity (Wildman–Crippen MR) is 196 cm³/mol. The molecule has 4 N–H and O–H groups in total. The summed E-state index contributed by atoms with van der Waals surface area (Å²) in [6.45, 7) is 23.0. The van der Waals surface area contributed by atoms with Crippen LogP contribution in [0.4, 0.5) is 0 Å². The summed E-state index contributed by atoms with van der Waals surface area (Å²) in [5.41, 5.74) is -2.62. The molecule has 4 fully saturated rings. The average Bonchev–Trinajstić information content (AvgIpc) is 3.05. The van der Waals surface area contributed by atoms with Crippen LogP contribution in [0.25, 0.3) is 0 Å². The maximum atomic E-state index is 12.9. The molecule has 0 bridgehead atoms. The van der Waals surface area contributed by atoms with Crippen molar-refractivity contribution in [3.8, 4) is 0 Å². The Hall–Kier alpha value is -1.74. The van der Waals surface area contributed by atoms with Crippen LogP contribution in [0.1, 0.15) is 139 Å². The highest BCUT2D eigenvalue weighted by atomic mass is 16.5. The van der Waals surface area contributed by atoms with Gasteiger partial charge in [0.2, 0.25) is 0 Å². The molecule has 50 heavy (non-hydrogen) atoms. The lowest BCUT2D eigenvalue weighted by Crippen LogP contribution is -2.70. The van der Waals surface area contributed by atoms with Crippen molar-refractivity contribution in [3.63, 3.8) is 0 Å². The van der Waals surface area contributed by atoms with Crippen LogP contribution in [0.2, 0.25) is 0 Å². The smallest absolute Gasteiger partial charge is 0.333 e. The summed E-state index contributed by atoms with van der Waals surface area (Å²) in [5, 5.41) is 47.2. The van der Waals surface area contributed by atoms with Gasteiger partial charge in [-0.15, -0.1) is 6.58 Å². The topological polar surface area (TPSA) is 134 Å². The van der Waals surface area contributed by atoms with Gasteiger partial charge in [-0.05, 0) is 111 Å². The van der Waals surface area contributed by atoms with Gasteiger partial charge in [0.25, 0.3) is 0 Å². The van der Waals surface area contributed by atoms with E-state index in [0.717, 1.165) is 51.4 Å². The molecule has 3 unspecified atom stereocenters. The van der Waals surface area contributed by atoms with Crippen LogP contribution in [0.5, 0.6) is 0 Å². The third-order valence-corrected chi connectivity index (χ3v) is 15.5. The zero-order chi connectivity index (χ0) is 37.5. The second kappa shape index (κ2) is 14.9. The number of rotatable bonds is 12. The van der Waals surface area contributed by atoms with Crippen LogP contribution in [0, 0.1) is 50.2 Å². The number of unbranched alkanes of at least 4 members (excludes halogenated alkanes) is 2. The fraction of sp³-hybridized carbons (Fsp3) is 0.857. The van der Waals surface area contributed by atoms with Gasteiger partial charge in [0.1, 0.15) is 6.61 Å². The minimum absolute atomic E-state index is 0.101. The Kier molecular flexibility index (Phi) is 12.3. The SMILES string of the molecule is C=CCC1[C@@]2(C)CC[C@H](O)[C@](C)(COC(=O)/C(C)=C/C)C2CC[C@@]1(C)[C@@]1(C)CC2CC(C)(C)[C@@H](O)[C@H](O)[C@]2(COC(=O)CCCCC)[C@H](O)C1. The first-order valence-electron chi connectivity index (χ1n) is 19.5. The predicted octanol–water partition coefficient (Wildman–Crippen LogP) is 7.31. The molecule has 286 valence electrons. The molecule has 8 nitrogen and oxygen atoms in total. The molecule has 0 amide bonds. The highest BCUT2D eigenvalue weighted by Gasteiger charge is 2.70. The van der Waals surface area contributed by atoms with Crippen molar-refractivity contribution >= 4 is 11.9 Å². The molecule has 4 rings (SSSR count). The van der Waals surface area contributed by atoms with Crippen LogP contribution in [0.15, 0.2) is 24.3 Å². The number of fused-ring (bicyclic) bond motifs is 2. The number of hydrogen-bond donors (Lipinski definition) is 4. The van der Waals surface area contributed by atoms with E-state index in [1.54, 1.807) is 13.0 Å². The summed E-state index contributed by atoms with van der Waals surface area (Å²) in [6.07, 6.45) is 8.49. The molecule has 4 saturated carbocycles. The number of carbonyl (C=O) groups is 2. The van der Waals surface area contributed by atoms with Gasteiger partial charge in [0.05, 0.1) is 36.4 Å². The summed E-state index contributed by atoms with van der Waals surface area (Å²) in [7, 11) is 0. The van der Waals surface area contributed by atoms with Crippen molar-refractivity contribution in [2.24, 2.45) is 50.2 Å². The first kappa shape index (κ1) is 41.0. The first-order chi connectivity index (χ1) is 23.2. The number of ether oxygens (including phenoxy) is 2. The molecule has 0 heterocycles. The summed E-state index contributed by atoms with van der Waals surface area (Å²) in [4.78, 5) is 25.6. The highest BCUT2D eigenvalue weighted by Crippen LogP contribution is 2.73. The maximum Gasteiger partial charge on any atom is 0.333 e. The van der Waals surface area contributed by atoms with E-state index < -0.39 is 40.7 Å². The van der Waals surface area contributed by atoms with Crippen molar-refractivity contribution in [1.82, 2.24) is 0 Å². The van der Waals surface area contributed by atoms with E-state index in [0.29, 0.717) is 31.3 Å². The molecule has 0 aromatic heterocycles. The Morgan fingerprint density at radius 2 is 1.54 bits per heavy atom. The van der Waals surface area contributed by atoms with Gasteiger partial charge < -0.3 is 29.9 Å². The summed E-state index contributed by atoms with van der Waals surface area (Å²) in [6, 6.07) is 0. The molecule has 0 spiro atoms. The van der Waals surface area contributed by atoms with Gasteiger partial charge in [0.15, 0.2) is 0 Å². The van der Waals surface area contributed by atoms with Crippen LogP contribution in [-0.4, -0.2) is 70.0 Å². The van der Waals surface area contributed by atoms with Crippen LogP contribution in [0.3, 0.4) is 0 Å². The quantitative estimate of drug-likeness (QED) is 0.0721. The molecule has 0 saturated heterocycles. The second-order valence-corrected chi connectivity index (χ2v) is 18.7. The average molecular weight is 703 g/mol. The van der Waals surface area contributed by atoms with E-state index in [2.05, 4.69) is 41.2 Å². The van der Waals surface area contributed by atoms with Crippen molar-refractivity contribution in [1.29, 1.82) is 0 Å². The summed E-state index contributed by atoms with van der Waals surface area (Å²) >= 11 is 0. The molecular weight excluding hydrogens is 632 g/mol. The number of aliphatic hydroxyl groups is 4. The molecule has 0 aromatic rings. The fourth-order valence-corrected chi connectivity index (χ4v) is 11.9. The lowest BCUT2D eigenvalue weighted by molar-refractivity contribution is -0.277. The molecule has 4 aliphatic rings. The minimum atomic E-state index is -1.24. The van der Waals surface area contributed by atoms with Crippen molar-refractivity contribution in [2.75, 3.05) is 13.2 Å². The Morgan fingerprint density at radius 3 is 2.16 bits per heavy atom. The zero-order valence-corrected chi connectivity index (χ0v) is 32.7. The van der Waals surface area contributed by atoms with Crippen LogP contribution >= 0.6 is 0 Å². The van der Waals surface area contributed by atoms with Crippen LogP contribution in [-0.2, 0) is 19.1 Å². The monoisotopic (exact) mass is 703 g/mol. The van der Waals surface area contributed by atoms with Crippen molar-refractivity contribution in [2.45, 2.75) is 164 Å². The highest BCUT2D eigenvalue weighted by molar-refractivity contribution is 5.87. The molecule has 0 radical (unpaired) electrons. The second-order valence-electron chi connectivity index (χ2n) is 18.7. The van der Waals surface area contributed by atoms with E-state index in [1.165, 1.54) is 0 Å². The lowest BCUT2D eigenvalue weighted by Gasteiger charge is -2.70. The molecular formula is C42H70O8. The molecule has 0 aliphatic heterocycles. The Morgan fingerprint density at radius 1 is 0.860 bits per heavy atom. The summed E-state index contributed by atoms with van der Waals surface area (Å²) in [5.74, 6) is -0.591. The van der Waals surface area contributed by atoms with E-state index in [1.807, 2.05) is 26.8 Å². The zero-order valence-electron chi connectivity index (χ0n) is 32.7. The van der Waals surface area contributed by atoms with Gasteiger partial charge in [-0.2, -0.15) is 0 Å². The number of allylic oxidation sites excluding steroid dienone is 2. The third-order valence-electron chi connectivity index (χ3n) is 15.5. The standard InChI is InChI=1S/C42H70O8/c1-11-14-15-17-33(45)49-26-42-28(22-37(5,6)34(46)35(42)47)23-38(7,24-32(42)44)41(10)21-18-29-39(8,30(41)16-12-2)20-19-31(43)40(29,9)25-50-36(48)27(4)13-3/h12-13,28-32,34-35,43-44,46-47H,2,11,14-26H2,1,3-10H3/b27-13+/t28?,29?,30?,31-,32+,34-,35-,38-,39-,40+,41+,42-/m0/s1.